The van der Waals surface area contributed by atoms with E-state index >= 15 is 0 Å². The molecule has 0 atom stereocenters. The topological polar surface area (TPSA) is 24.7 Å². The number of halogens is 1. The average Bonchev–Trinajstić information content (AvgIpc) is 2.91. The first-order chi connectivity index (χ1) is 11.3. The Kier molecular flexibility index (Phi) is 3.52. The standard InChI is InChI=1S/C20H13ClN2/c21-19-12-6-1-7-14(19)13-22-23-20-17-10-4-2-8-15(17)16-9-3-5-11-18(16)20/h1-13H/b22-13-. The van der Waals surface area contributed by atoms with Crippen LogP contribution < -0.4 is 0 Å². The molecular weight excluding hydrogens is 304 g/mol. The van der Waals surface area contributed by atoms with Crippen molar-refractivity contribution in [3.8, 4) is 11.1 Å². The zero-order chi connectivity index (χ0) is 15.6. The van der Waals surface area contributed by atoms with Gasteiger partial charge in [0.05, 0.1) is 6.21 Å². The second-order valence-electron chi connectivity index (χ2n) is 5.31. The van der Waals surface area contributed by atoms with Crippen LogP contribution in [0.25, 0.3) is 11.1 Å². The molecule has 0 heterocycles. The number of hydrogen-bond donors (Lipinski definition) is 0. The molecule has 23 heavy (non-hydrogen) atoms. The molecule has 0 amide bonds. The lowest BCUT2D eigenvalue weighted by Gasteiger charge is -1.98. The minimum absolute atomic E-state index is 0.670. The predicted molar refractivity (Wildman–Crippen MR) is 96.6 cm³/mol. The van der Waals surface area contributed by atoms with E-state index in [0.29, 0.717) is 5.02 Å². The largest absolute Gasteiger partial charge is 0.158 e. The van der Waals surface area contributed by atoms with Crippen LogP contribution in [0, 0.1) is 0 Å². The highest BCUT2D eigenvalue weighted by Gasteiger charge is 2.23. The van der Waals surface area contributed by atoms with E-state index in [1.54, 1.807) is 6.21 Å². The molecule has 110 valence electrons. The third-order valence-corrected chi connectivity index (χ3v) is 4.26. The lowest BCUT2D eigenvalue weighted by molar-refractivity contribution is 1.25. The summed E-state index contributed by atoms with van der Waals surface area (Å²) in [5.41, 5.74) is 6.40. The van der Waals surface area contributed by atoms with E-state index in [2.05, 4.69) is 34.5 Å². The molecule has 3 aromatic rings. The van der Waals surface area contributed by atoms with Crippen molar-refractivity contribution in [2.45, 2.75) is 0 Å². The number of benzene rings is 3. The summed E-state index contributed by atoms with van der Waals surface area (Å²) in [5, 5.41) is 9.40. The summed E-state index contributed by atoms with van der Waals surface area (Å²) >= 11 is 6.14. The Morgan fingerprint density at radius 3 is 1.78 bits per heavy atom. The van der Waals surface area contributed by atoms with Crippen molar-refractivity contribution in [1.29, 1.82) is 0 Å². The molecule has 0 radical (unpaired) electrons. The average molecular weight is 317 g/mol. The quantitative estimate of drug-likeness (QED) is 0.359. The maximum atomic E-state index is 6.14. The fourth-order valence-corrected chi connectivity index (χ4v) is 3.01. The second-order valence-corrected chi connectivity index (χ2v) is 5.71. The molecule has 0 aliphatic heterocycles. The van der Waals surface area contributed by atoms with E-state index in [-0.39, 0.29) is 0 Å². The van der Waals surface area contributed by atoms with Crippen molar-refractivity contribution in [1.82, 2.24) is 0 Å². The van der Waals surface area contributed by atoms with E-state index in [4.69, 9.17) is 11.6 Å². The molecule has 0 spiro atoms. The van der Waals surface area contributed by atoms with Crippen LogP contribution in [0.1, 0.15) is 16.7 Å². The van der Waals surface area contributed by atoms with E-state index in [9.17, 15) is 0 Å². The number of nitrogens with zero attached hydrogens (tertiary/aromatic N) is 2. The van der Waals surface area contributed by atoms with Gasteiger partial charge in [-0.3, -0.25) is 0 Å². The summed E-state index contributed by atoms with van der Waals surface area (Å²) in [6, 6.07) is 24.1. The van der Waals surface area contributed by atoms with E-state index < -0.39 is 0 Å². The van der Waals surface area contributed by atoms with E-state index in [1.165, 1.54) is 11.1 Å². The molecule has 0 unspecified atom stereocenters. The second kappa shape index (κ2) is 5.82. The Balaban J connectivity index is 1.78. The normalized spacial score (nSPS) is 12.3. The Morgan fingerprint density at radius 1 is 0.652 bits per heavy atom. The molecule has 0 N–H and O–H groups in total. The molecule has 3 aromatic carbocycles. The fourth-order valence-electron chi connectivity index (χ4n) is 2.83. The van der Waals surface area contributed by atoms with Gasteiger partial charge in [-0.25, -0.2) is 0 Å². The molecule has 0 fully saturated rings. The lowest BCUT2D eigenvalue weighted by Crippen LogP contribution is -1.97. The van der Waals surface area contributed by atoms with Gasteiger partial charge in [-0.15, -0.1) is 5.10 Å². The van der Waals surface area contributed by atoms with Gasteiger partial charge in [0.2, 0.25) is 0 Å². The van der Waals surface area contributed by atoms with Gasteiger partial charge in [0.15, 0.2) is 0 Å². The van der Waals surface area contributed by atoms with Gasteiger partial charge >= 0.3 is 0 Å². The first-order valence-electron chi connectivity index (χ1n) is 7.39. The minimum Gasteiger partial charge on any atom is -0.158 e. The maximum absolute atomic E-state index is 6.14. The van der Waals surface area contributed by atoms with Crippen molar-refractivity contribution in [3.63, 3.8) is 0 Å². The third kappa shape index (κ3) is 2.47. The lowest BCUT2D eigenvalue weighted by atomic mass is 10.1. The molecule has 0 saturated carbocycles. The molecule has 1 aliphatic carbocycles. The van der Waals surface area contributed by atoms with Gasteiger partial charge in [0, 0.05) is 21.7 Å². The zero-order valence-corrected chi connectivity index (χ0v) is 13.0. The summed E-state index contributed by atoms with van der Waals surface area (Å²) in [5.74, 6) is 0. The van der Waals surface area contributed by atoms with Gasteiger partial charge in [-0.2, -0.15) is 5.10 Å². The van der Waals surface area contributed by atoms with Gasteiger partial charge in [-0.05, 0) is 17.2 Å². The Morgan fingerprint density at radius 2 is 1.17 bits per heavy atom. The Hall–Kier alpha value is -2.71. The van der Waals surface area contributed by atoms with Crippen LogP contribution >= 0.6 is 11.6 Å². The summed E-state index contributed by atoms with van der Waals surface area (Å²) in [6.07, 6.45) is 1.69. The summed E-state index contributed by atoms with van der Waals surface area (Å²) in [6.45, 7) is 0. The van der Waals surface area contributed by atoms with Gasteiger partial charge in [0.1, 0.15) is 5.71 Å². The summed E-state index contributed by atoms with van der Waals surface area (Å²) < 4.78 is 0. The highest BCUT2D eigenvalue weighted by atomic mass is 35.5. The zero-order valence-electron chi connectivity index (χ0n) is 12.3. The molecule has 0 saturated heterocycles. The van der Waals surface area contributed by atoms with E-state index in [0.717, 1.165) is 22.4 Å². The highest BCUT2D eigenvalue weighted by molar-refractivity contribution is 6.33. The molecular formula is C20H13ClN2. The van der Waals surface area contributed by atoms with Crippen LogP contribution in [0.4, 0.5) is 0 Å². The first-order valence-corrected chi connectivity index (χ1v) is 7.77. The van der Waals surface area contributed by atoms with Crippen LogP contribution in [-0.2, 0) is 0 Å². The predicted octanol–water partition coefficient (Wildman–Crippen LogP) is 5.19. The van der Waals surface area contributed by atoms with Crippen LogP contribution in [0.2, 0.25) is 5.02 Å². The first kappa shape index (κ1) is 13.9. The van der Waals surface area contributed by atoms with E-state index in [1.807, 2.05) is 48.5 Å². The van der Waals surface area contributed by atoms with Crippen LogP contribution in [-0.4, -0.2) is 11.9 Å². The van der Waals surface area contributed by atoms with Gasteiger partial charge in [0.25, 0.3) is 0 Å². The van der Waals surface area contributed by atoms with Crippen molar-refractivity contribution in [2.24, 2.45) is 10.2 Å². The summed E-state index contributed by atoms with van der Waals surface area (Å²) in [7, 11) is 0. The number of rotatable bonds is 2. The highest BCUT2D eigenvalue weighted by Crippen LogP contribution is 2.36. The minimum atomic E-state index is 0.670. The van der Waals surface area contributed by atoms with Gasteiger partial charge in [-0.1, -0.05) is 78.3 Å². The Labute approximate surface area is 139 Å². The maximum Gasteiger partial charge on any atom is 0.101 e. The molecule has 1 aliphatic rings. The Bertz CT molecular complexity index is 894. The van der Waals surface area contributed by atoms with Gasteiger partial charge < -0.3 is 0 Å². The molecule has 3 heteroatoms. The monoisotopic (exact) mass is 316 g/mol. The van der Waals surface area contributed by atoms with Crippen LogP contribution in [0.15, 0.2) is 83.0 Å². The van der Waals surface area contributed by atoms with Crippen molar-refractivity contribution in [2.75, 3.05) is 0 Å². The smallest absolute Gasteiger partial charge is 0.101 e. The molecule has 2 nitrogen and oxygen atoms in total. The van der Waals surface area contributed by atoms with Crippen LogP contribution in [0.5, 0.6) is 0 Å². The van der Waals surface area contributed by atoms with Crippen LogP contribution in [0.3, 0.4) is 0 Å². The molecule has 0 aromatic heterocycles. The van der Waals surface area contributed by atoms with Crippen molar-refractivity contribution in [3.05, 3.63) is 94.5 Å². The number of fused-ring (bicyclic) bond motifs is 3. The van der Waals surface area contributed by atoms with Crippen molar-refractivity contribution >= 4 is 23.5 Å². The fraction of sp³-hybridized carbons (Fsp3) is 0. The molecule has 4 rings (SSSR count). The third-order valence-electron chi connectivity index (χ3n) is 3.91. The SMILES string of the molecule is Clc1ccccc1/C=N\N=C1c2ccccc2-c2ccccc21. The molecule has 0 bridgehead atoms. The van der Waals surface area contributed by atoms with Crippen molar-refractivity contribution < 1.29 is 0 Å². The summed E-state index contributed by atoms with van der Waals surface area (Å²) in [4.78, 5) is 0. The number of hydrogen-bond acceptors (Lipinski definition) is 2.